The summed E-state index contributed by atoms with van der Waals surface area (Å²) < 4.78 is 30.6. The molecule has 1 aliphatic heterocycles. The highest BCUT2D eigenvalue weighted by Gasteiger charge is 2.36. The molecule has 242 valence electrons. The summed E-state index contributed by atoms with van der Waals surface area (Å²) >= 11 is 0. The van der Waals surface area contributed by atoms with Crippen molar-refractivity contribution >= 4 is 11.8 Å². The van der Waals surface area contributed by atoms with E-state index in [1.54, 1.807) is 26.0 Å². The number of hydrogen-bond acceptors (Lipinski definition) is 5. The van der Waals surface area contributed by atoms with Gasteiger partial charge in [0.1, 0.15) is 18.0 Å². The maximum absolute atomic E-state index is 16.0. The SMILES string of the molecule is Cc1cc(C)c(-c2cc(C)c(F)c(C(CC(=O)O)C(=O)C(CC(C)C)n3nc(CCN4CC(F)C4)c(C)c(C)c3=O)c2)c(C)c1. The molecule has 7 nitrogen and oxygen atoms in total. The molecule has 1 saturated heterocycles. The van der Waals surface area contributed by atoms with Gasteiger partial charge < -0.3 is 5.11 Å². The number of carboxylic acids is 1. The van der Waals surface area contributed by atoms with Gasteiger partial charge in [-0.2, -0.15) is 5.10 Å². The van der Waals surface area contributed by atoms with E-state index in [1.807, 2.05) is 58.6 Å². The van der Waals surface area contributed by atoms with Gasteiger partial charge in [0.2, 0.25) is 0 Å². The quantitative estimate of drug-likeness (QED) is 0.248. The summed E-state index contributed by atoms with van der Waals surface area (Å²) in [4.78, 5) is 42.4. The van der Waals surface area contributed by atoms with Crippen LogP contribution in [0.4, 0.5) is 8.78 Å². The van der Waals surface area contributed by atoms with Gasteiger partial charge in [0, 0.05) is 31.6 Å². The van der Waals surface area contributed by atoms with Gasteiger partial charge in [-0.25, -0.2) is 13.5 Å². The Kier molecular flexibility index (Phi) is 10.4. The number of hydrogen-bond donors (Lipinski definition) is 1. The standard InChI is InChI=1S/C36H45F2N3O4/c1-19(2)11-31(41-36(45)25(8)24(7)30(39-41)9-10-40-17-27(37)18-40)35(44)29(16-32(42)43)28-15-26(14-23(6)34(28)38)33-21(4)12-20(3)13-22(33)5/h12-15,19,27,29,31H,9-11,16-18H2,1-8H3,(H,42,43). The minimum atomic E-state index is -1.35. The number of Topliss-reactive ketones (excluding diaryl/α,β-unsaturated/α-hetero) is 1. The van der Waals surface area contributed by atoms with Crippen LogP contribution in [0.25, 0.3) is 11.1 Å². The fourth-order valence-electron chi connectivity index (χ4n) is 6.59. The maximum Gasteiger partial charge on any atom is 0.304 e. The predicted octanol–water partition coefficient (Wildman–Crippen LogP) is 6.51. The van der Waals surface area contributed by atoms with E-state index in [4.69, 9.17) is 0 Å². The molecule has 9 heteroatoms. The molecule has 4 rings (SSSR count). The van der Waals surface area contributed by atoms with Gasteiger partial charge in [-0.1, -0.05) is 31.5 Å². The largest absolute Gasteiger partial charge is 0.481 e. The molecule has 0 bridgehead atoms. The zero-order valence-electron chi connectivity index (χ0n) is 27.6. The van der Waals surface area contributed by atoms with E-state index >= 15 is 4.39 Å². The molecule has 1 aromatic heterocycles. The number of ketones is 1. The summed E-state index contributed by atoms with van der Waals surface area (Å²) in [7, 11) is 0. The van der Waals surface area contributed by atoms with E-state index < -0.39 is 47.7 Å². The monoisotopic (exact) mass is 621 g/mol. The lowest BCUT2D eigenvalue weighted by molar-refractivity contribution is -0.140. The lowest BCUT2D eigenvalue weighted by atomic mass is 9.82. The third-order valence-electron chi connectivity index (χ3n) is 8.99. The van der Waals surface area contributed by atoms with E-state index in [0.29, 0.717) is 54.0 Å². The van der Waals surface area contributed by atoms with Crippen molar-refractivity contribution < 1.29 is 23.5 Å². The molecule has 3 aromatic rings. The molecule has 0 saturated carbocycles. The summed E-state index contributed by atoms with van der Waals surface area (Å²) in [5, 5.41) is 14.6. The Bertz CT molecular complexity index is 1650. The van der Waals surface area contributed by atoms with Gasteiger partial charge in [-0.15, -0.1) is 0 Å². The van der Waals surface area contributed by atoms with Gasteiger partial charge in [0.15, 0.2) is 5.78 Å². The van der Waals surface area contributed by atoms with Crippen LogP contribution in [0.1, 0.15) is 83.3 Å². The van der Waals surface area contributed by atoms with Gasteiger partial charge in [0.25, 0.3) is 5.56 Å². The molecule has 2 aromatic carbocycles. The van der Waals surface area contributed by atoms with Crippen molar-refractivity contribution in [1.82, 2.24) is 14.7 Å². The number of aliphatic carboxylic acids is 1. The zero-order chi connectivity index (χ0) is 33.3. The van der Waals surface area contributed by atoms with Gasteiger partial charge in [0.05, 0.1) is 18.0 Å². The van der Waals surface area contributed by atoms with E-state index in [2.05, 4.69) is 5.10 Å². The summed E-state index contributed by atoms with van der Waals surface area (Å²) in [5.74, 6) is -3.85. The van der Waals surface area contributed by atoms with Gasteiger partial charge in [-0.05, 0) is 105 Å². The predicted molar refractivity (Wildman–Crippen MR) is 172 cm³/mol. The van der Waals surface area contributed by atoms with Crippen molar-refractivity contribution in [3.8, 4) is 11.1 Å². The van der Waals surface area contributed by atoms with Crippen molar-refractivity contribution in [2.45, 2.75) is 92.8 Å². The summed E-state index contributed by atoms with van der Waals surface area (Å²) in [6, 6.07) is 6.28. The molecular weight excluding hydrogens is 576 g/mol. The summed E-state index contributed by atoms with van der Waals surface area (Å²) in [6.07, 6.45) is -0.789. The molecule has 1 N–H and O–H groups in total. The highest BCUT2D eigenvalue weighted by atomic mass is 19.1. The van der Waals surface area contributed by atoms with Crippen LogP contribution in [0.2, 0.25) is 0 Å². The molecule has 0 amide bonds. The third-order valence-corrected chi connectivity index (χ3v) is 8.99. The maximum atomic E-state index is 16.0. The smallest absolute Gasteiger partial charge is 0.304 e. The molecule has 0 radical (unpaired) electrons. The molecule has 2 unspecified atom stereocenters. The Morgan fingerprint density at radius 1 is 0.978 bits per heavy atom. The molecule has 1 aliphatic rings. The van der Waals surface area contributed by atoms with Crippen molar-refractivity contribution in [3.63, 3.8) is 0 Å². The Morgan fingerprint density at radius 2 is 1.60 bits per heavy atom. The van der Waals surface area contributed by atoms with Crippen LogP contribution >= 0.6 is 0 Å². The van der Waals surface area contributed by atoms with Crippen molar-refractivity contribution in [2.24, 2.45) is 5.92 Å². The number of nitrogens with zero attached hydrogens (tertiary/aromatic N) is 3. The second-order valence-electron chi connectivity index (χ2n) is 13.2. The number of carbonyl (C=O) groups excluding carboxylic acids is 1. The van der Waals surface area contributed by atoms with Gasteiger partial charge in [-0.3, -0.25) is 19.3 Å². The summed E-state index contributed by atoms with van der Waals surface area (Å²) in [5.41, 5.74) is 6.32. The zero-order valence-corrected chi connectivity index (χ0v) is 27.6. The Labute approximate surface area is 264 Å². The molecule has 0 aliphatic carbocycles. The Balaban J connectivity index is 1.84. The Morgan fingerprint density at radius 3 is 2.16 bits per heavy atom. The first-order chi connectivity index (χ1) is 21.1. The summed E-state index contributed by atoms with van der Waals surface area (Å²) in [6.45, 7) is 16.1. The van der Waals surface area contributed by atoms with Crippen molar-refractivity contribution in [1.29, 1.82) is 0 Å². The number of alkyl halides is 1. The number of carbonyl (C=O) groups is 2. The average Bonchev–Trinajstić information content (AvgIpc) is 2.92. The van der Waals surface area contributed by atoms with E-state index in [9.17, 15) is 23.9 Å². The molecule has 2 atom stereocenters. The fraction of sp³-hybridized carbons (Fsp3) is 0.500. The van der Waals surface area contributed by atoms with E-state index in [0.717, 1.165) is 22.3 Å². The van der Waals surface area contributed by atoms with Crippen LogP contribution in [0, 0.1) is 53.3 Å². The van der Waals surface area contributed by atoms with Crippen LogP contribution in [0.5, 0.6) is 0 Å². The minimum absolute atomic E-state index is 0.00111. The second-order valence-corrected chi connectivity index (χ2v) is 13.2. The lowest BCUT2D eigenvalue weighted by Crippen LogP contribution is -2.49. The number of aromatic nitrogens is 2. The van der Waals surface area contributed by atoms with E-state index in [-0.39, 0.29) is 17.9 Å². The highest BCUT2D eigenvalue weighted by Crippen LogP contribution is 2.37. The number of aryl methyl sites for hydroxylation is 4. The molecule has 45 heavy (non-hydrogen) atoms. The van der Waals surface area contributed by atoms with Crippen LogP contribution < -0.4 is 5.56 Å². The van der Waals surface area contributed by atoms with Crippen LogP contribution in [0.15, 0.2) is 29.1 Å². The van der Waals surface area contributed by atoms with Crippen LogP contribution in [-0.4, -0.2) is 57.3 Å². The number of rotatable bonds is 12. The van der Waals surface area contributed by atoms with Crippen molar-refractivity contribution in [3.05, 3.63) is 85.1 Å². The van der Waals surface area contributed by atoms with Gasteiger partial charge >= 0.3 is 5.97 Å². The number of benzene rings is 2. The molecule has 0 spiro atoms. The normalized spacial score (nSPS) is 15.3. The molecule has 1 fully saturated rings. The number of carboxylic acid groups (broad SMARTS) is 1. The number of halogens is 2. The first-order valence-electron chi connectivity index (χ1n) is 15.7. The lowest BCUT2D eigenvalue weighted by Gasteiger charge is -2.34. The fourth-order valence-corrected chi connectivity index (χ4v) is 6.59. The first-order valence-corrected chi connectivity index (χ1v) is 15.7. The average molecular weight is 622 g/mol. The topological polar surface area (TPSA) is 92.5 Å². The van der Waals surface area contributed by atoms with Crippen molar-refractivity contribution in [2.75, 3.05) is 19.6 Å². The molecular formula is C36H45F2N3O4. The number of likely N-dealkylation sites (tertiary alicyclic amines) is 1. The third kappa shape index (κ3) is 7.40. The second kappa shape index (κ2) is 13.7. The molecule has 2 heterocycles. The Hall–Kier alpha value is -3.72. The van der Waals surface area contributed by atoms with Crippen LogP contribution in [-0.2, 0) is 16.0 Å². The minimum Gasteiger partial charge on any atom is -0.481 e. The van der Waals surface area contributed by atoms with Crippen LogP contribution in [0.3, 0.4) is 0 Å². The first kappa shape index (κ1) is 34.2. The highest BCUT2D eigenvalue weighted by molar-refractivity contribution is 5.93. The van der Waals surface area contributed by atoms with E-state index in [1.165, 1.54) is 4.68 Å².